The summed E-state index contributed by atoms with van der Waals surface area (Å²) in [5, 5.41) is 0. The molecule has 0 fully saturated rings. The van der Waals surface area contributed by atoms with E-state index in [1.54, 1.807) is 0 Å². The number of hydrogen-bond donors (Lipinski definition) is 0. The molecule has 12 heavy (non-hydrogen) atoms. The molecular formula is C11H13Br. The summed E-state index contributed by atoms with van der Waals surface area (Å²) >= 11 is 3.55. The number of aryl methyl sites for hydroxylation is 2. The van der Waals surface area contributed by atoms with Gasteiger partial charge >= 0.3 is 0 Å². The van der Waals surface area contributed by atoms with Gasteiger partial charge in [0.2, 0.25) is 0 Å². The number of allylic oxidation sites excluding steroid dienone is 1. The molecule has 0 aromatic heterocycles. The molecule has 0 aliphatic heterocycles. The summed E-state index contributed by atoms with van der Waals surface area (Å²) in [5.41, 5.74) is 3.96. The molecule has 0 radical (unpaired) electrons. The Bertz CT molecular complexity index is 291. The third-order valence-electron chi connectivity index (χ3n) is 1.97. The lowest BCUT2D eigenvalue weighted by atomic mass is 10.0. The number of hydrogen-bond acceptors (Lipinski definition) is 0. The van der Waals surface area contributed by atoms with Crippen molar-refractivity contribution < 1.29 is 0 Å². The summed E-state index contributed by atoms with van der Waals surface area (Å²) in [5.74, 6) is 0. The zero-order valence-corrected chi connectivity index (χ0v) is 9.27. The fourth-order valence-corrected chi connectivity index (χ4v) is 1.96. The van der Waals surface area contributed by atoms with Crippen molar-refractivity contribution in [2.24, 2.45) is 0 Å². The first-order valence-electron chi connectivity index (χ1n) is 4.05. The predicted octanol–water partition coefficient (Wildman–Crippen LogP) is 4.06. The zero-order valence-electron chi connectivity index (χ0n) is 7.69. The molecule has 64 valence electrons. The lowest BCUT2D eigenvalue weighted by Crippen LogP contribution is -1.87. The van der Waals surface area contributed by atoms with E-state index >= 15 is 0 Å². The molecule has 1 rings (SSSR count). The molecule has 1 heteroatoms. The van der Waals surface area contributed by atoms with E-state index in [9.17, 15) is 0 Å². The van der Waals surface area contributed by atoms with E-state index in [2.05, 4.69) is 54.1 Å². The van der Waals surface area contributed by atoms with E-state index in [0.717, 1.165) is 0 Å². The lowest BCUT2D eigenvalue weighted by Gasteiger charge is -2.07. The van der Waals surface area contributed by atoms with E-state index in [0.29, 0.717) is 0 Å². The topological polar surface area (TPSA) is 0 Å². The van der Waals surface area contributed by atoms with Crippen LogP contribution in [-0.2, 0) is 0 Å². The van der Waals surface area contributed by atoms with E-state index in [1.165, 1.54) is 21.2 Å². The van der Waals surface area contributed by atoms with E-state index < -0.39 is 0 Å². The highest BCUT2D eigenvalue weighted by Crippen LogP contribution is 2.27. The minimum Gasteiger partial charge on any atom is -0.0728 e. The van der Waals surface area contributed by atoms with Gasteiger partial charge in [-0.05, 0) is 37.5 Å². The van der Waals surface area contributed by atoms with Crippen LogP contribution >= 0.6 is 15.9 Å². The molecule has 0 nitrogen and oxygen atoms in total. The number of benzene rings is 1. The summed E-state index contributed by atoms with van der Waals surface area (Å²) in [4.78, 5) is 0. The zero-order chi connectivity index (χ0) is 9.14. The summed E-state index contributed by atoms with van der Waals surface area (Å²) in [6.45, 7) is 6.30. The monoisotopic (exact) mass is 224 g/mol. The van der Waals surface area contributed by atoms with Gasteiger partial charge in [-0.3, -0.25) is 0 Å². The Morgan fingerprint density at radius 3 is 2.17 bits per heavy atom. The quantitative estimate of drug-likeness (QED) is 0.676. The lowest BCUT2D eigenvalue weighted by molar-refractivity contribution is 1.35. The van der Waals surface area contributed by atoms with Crippen LogP contribution in [0.15, 0.2) is 24.3 Å². The van der Waals surface area contributed by atoms with Gasteiger partial charge in [0.1, 0.15) is 0 Å². The molecule has 0 heterocycles. The van der Waals surface area contributed by atoms with E-state index in [4.69, 9.17) is 0 Å². The second-order valence-electron chi connectivity index (χ2n) is 2.90. The van der Waals surface area contributed by atoms with Crippen molar-refractivity contribution in [3.05, 3.63) is 41.0 Å². The van der Waals surface area contributed by atoms with Crippen LogP contribution in [-0.4, -0.2) is 0 Å². The highest BCUT2D eigenvalue weighted by Gasteiger charge is 2.03. The smallest absolute Gasteiger partial charge is 0.0210 e. The molecule has 1 aromatic carbocycles. The SMILES string of the molecule is C/C=C(\Br)c1c(C)cccc1C. The molecule has 0 saturated carbocycles. The Balaban J connectivity index is 3.31. The fraction of sp³-hybridized carbons (Fsp3) is 0.273. The molecule has 0 bridgehead atoms. The first kappa shape index (κ1) is 9.53. The van der Waals surface area contributed by atoms with Gasteiger partial charge in [-0.2, -0.15) is 0 Å². The van der Waals surface area contributed by atoms with Crippen molar-refractivity contribution in [3.63, 3.8) is 0 Å². The van der Waals surface area contributed by atoms with Gasteiger partial charge in [0.05, 0.1) is 0 Å². The van der Waals surface area contributed by atoms with Crippen LogP contribution in [0, 0.1) is 13.8 Å². The van der Waals surface area contributed by atoms with Gasteiger partial charge in [-0.15, -0.1) is 0 Å². The van der Waals surface area contributed by atoms with Crippen molar-refractivity contribution in [2.75, 3.05) is 0 Å². The van der Waals surface area contributed by atoms with Crippen LogP contribution in [0.4, 0.5) is 0 Å². The Morgan fingerprint density at radius 1 is 1.25 bits per heavy atom. The summed E-state index contributed by atoms with van der Waals surface area (Å²) < 4.78 is 1.18. The van der Waals surface area contributed by atoms with Crippen molar-refractivity contribution >= 4 is 20.4 Å². The van der Waals surface area contributed by atoms with Crippen LogP contribution in [0.25, 0.3) is 4.48 Å². The minimum atomic E-state index is 1.18. The van der Waals surface area contributed by atoms with Crippen LogP contribution in [0.1, 0.15) is 23.6 Å². The summed E-state index contributed by atoms with van der Waals surface area (Å²) in [6, 6.07) is 6.35. The highest BCUT2D eigenvalue weighted by molar-refractivity contribution is 9.15. The molecule has 0 aliphatic rings. The van der Waals surface area contributed by atoms with Crippen molar-refractivity contribution in [1.82, 2.24) is 0 Å². The molecule has 0 amide bonds. The van der Waals surface area contributed by atoms with Gasteiger partial charge in [-0.1, -0.05) is 40.2 Å². The van der Waals surface area contributed by atoms with E-state index in [-0.39, 0.29) is 0 Å². The first-order valence-corrected chi connectivity index (χ1v) is 4.84. The second-order valence-corrected chi connectivity index (χ2v) is 3.76. The maximum Gasteiger partial charge on any atom is 0.0210 e. The highest BCUT2D eigenvalue weighted by atomic mass is 79.9. The van der Waals surface area contributed by atoms with Crippen LogP contribution in [0.2, 0.25) is 0 Å². The van der Waals surface area contributed by atoms with Gasteiger partial charge in [-0.25, -0.2) is 0 Å². The predicted molar refractivity (Wildman–Crippen MR) is 58.5 cm³/mol. The first-order chi connectivity index (χ1) is 5.66. The Labute approximate surface area is 82.4 Å². The summed E-state index contributed by atoms with van der Waals surface area (Å²) in [6.07, 6.45) is 2.08. The number of rotatable bonds is 1. The standard InChI is InChI=1S/C11H13Br/c1-4-10(12)11-8(2)6-5-7-9(11)3/h4-7H,1-3H3/b10-4-. The third kappa shape index (κ3) is 1.78. The molecule has 0 saturated heterocycles. The Hall–Kier alpha value is -0.560. The molecule has 0 spiro atoms. The normalized spacial score (nSPS) is 11.8. The molecule has 0 N–H and O–H groups in total. The van der Waals surface area contributed by atoms with Crippen molar-refractivity contribution in [1.29, 1.82) is 0 Å². The Kier molecular flexibility index (Phi) is 3.10. The van der Waals surface area contributed by atoms with Gasteiger partial charge in [0, 0.05) is 4.48 Å². The average Bonchev–Trinajstić information content (AvgIpc) is 2.03. The molecular weight excluding hydrogens is 212 g/mol. The number of halogens is 1. The van der Waals surface area contributed by atoms with Crippen molar-refractivity contribution in [2.45, 2.75) is 20.8 Å². The molecule has 0 atom stereocenters. The maximum absolute atomic E-state index is 3.55. The van der Waals surface area contributed by atoms with Crippen LogP contribution in [0.5, 0.6) is 0 Å². The Morgan fingerprint density at radius 2 is 1.75 bits per heavy atom. The summed E-state index contributed by atoms with van der Waals surface area (Å²) in [7, 11) is 0. The van der Waals surface area contributed by atoms with Gasteiger partial charge in [0.15, 0.2) is 0 Å². The molecule has 0 aliphatic carbocycles. The van der Waals surface area contributed by atoms with E-state index in [1.807, 2.05) is 6.92 Å². The fourth-order valence-electron chi connectivity index (χ4n) is 1.34. The minimum absolute atomic E-state index is 1.18. The third-order valence-corrected chi connectivity index (χ3v) is 2.83. The largest absolute Gasteiger partial charge is 0.0728 e. The molecule has 0 unspecified atom stereocenters. The van der Waals surface area contributed by atoms with Gasteiger partial charge in [0.25, 0.3) is 0 Å². The molecule has 1 aromatic rings. The average molecular weight is 225 g/mol. The van der Waals surface area contributed by atoms with Crippen LogP contribution in [0.3, 0.4) is 0 Å². The second kappa shape index (κ2) is 3.90. The van der Waals surface area contributed by atoms with Gasteiger partial charge < -0.3 is 0 Å². The maximum atomic E-state index is 3.55. The van der Waals surface area contributed by atoms with Crippen LogP contribution < -0.4 is 0 Å². The van der Waals surface area contributed by atoms with Crippen molar-refractivity contribution in [3.8, 4) is 0 Å².